The number of halogens is 1. The molecule has 0 aliphatic rings. The topological polar surface area (TPSA) is 12.0 Å². The molecule has 0 aliphatic carbocycles. The van der Waals surface area contributed by atoms with E-state index in [0.717, 1.165) is 22.0 Å². The fourth-order valence-electron chi connectivity index (χ4n) is 1.05. The lowest BCUT2D eigenvalue weighted by Crippen LogP contribution is -1.93. The van der Waals surface area contributed by atoms with Gasteiger partial charge in [0.25, 0.3) is 0 Å². The van der Waals surface area contributed by atoms with Crippen LogP contribution in [0.15, 0.2) is 30.5 Å². The van der Waals surface area contributed by atoms with Gasteiger partial charge in [-0.05, 0) is 37.6 Å². The van der Waals surface area contributed by atoms with Crippen molar-refractivity contribution in [2.45, 2.75) is 27.7 Å². The second-order valence-corrected chi connectivity index (χ2v) is 3.36. The molecule has 0 bridgehead atoms. The van der Waals surface area contributed by atoms with Crippen LogP contribution in [0.25, 0.3) is 0 Å². The van der Waals surface area contributed by atoms with Gasteiger partial charge in [-0.1, -0.05) is 32.0 Å². The van der Waals surface area contributed by atoms with Gasteiger partial charge in [0.1, 0.15) is 0 Å². The van der Waals surface area contributed by atoms with Gasteiger partial charge in [0.05, 0.1) is 0 Å². The van der Waals surface area contributed by atoms with Crippen LogP contribution in [0, 0.1) is 6.92 Å². The van der Waals surface area contributed by atoms with Crippen LogP contribution in [0.2, 0.25) is 5.02 Å². The predicted molar refractivity (Wildman–Crippen MR) is 66.0 cm³/mol. The molecule has 0 saturated carbocycles. The van der Waals surface area contributed by atoms with E-state index in [1.54, 1.807) is 0 Å². The van der Waals surface area contributed by atoms with Crippen LogP contribution in [-0.4, -0.2) is 0 Å². The van der Waals surface area contributed by atoms with Crippen LogP contribution in [0.3, 0.4) is 0 Å². The molecule has 0 aromatic heterocycles. The molecule has 0 saturated heterocycles. The number of rotatable bonds is 2. The summed E-state index contributed by atoms with van der Waals surface area (Å²) in [5.41, 5.74) is 3.05. The minimum Gasteiger partial charge on any atom is -0.360 e. The van der Waals surface area contributed by atoms with Gasteiger partial charge in [0.15, 0.2) is 0 Å². The fraction of sp³-hybridized carbons (Fsp3) is 0.333. The molecule has 1 aromatic rings. The highest BCUT2D eigenvalue weighted by Gasteiger charge is 1.95. The van der Waals surface area contributed by atoms with Crippen molar-refractivity contribution < 1.29 is 0 Å². The second-order valence-electron chi connectivity index (χ2n) is 2.92. The van der Waals surface area contributed by atoms with E-state index in [2.05, 4.69) is 11.9 Å². The van der Waals surface area contributed by atoms with Crippen LogP contribution >= 0.6 is 11.6 Å². The predicted octanol–water partition coefficient (Wildman–Crippen LogP) is 4.62. The summed E-state index contributed by atoms with van der Waals surface area (Å²) in [5, 5.41) is 3.86. The summed E-state index contributed by atoms with van der Waals surface area (Å²) in [6, 6.07) is 5.83. The number of aryl methyl sites for hydroxylation is 1. The van der Waals surface area contributed by atoms with E-state index in [0.29, 0.717) is 0 Å². The van der Waals surface area contributed by atoms with Crippen molar-refractivity contribution >= 4 is 17.3 Å². The lowest BCUT2D eigenvalue weighted by Gasteiger charge is -2.06. The second kappa shape index (κ2) is 6.50. The first-order valence-electron chi connectivity index (χ1n) is 4.77. The first-order chi connectivity index (χ1) is 6.58. The lowest BCUT2D eigenvalue weighted by atomic mass is 10.2. The maximum atomic E-state index is 5.86. The normalized spacial score (nSPS) is 8.64. The number of allylic oxidation sites excluding steroid dienone is 1. The van der Waals surface area contributed by atoms with Crippen molar-refractivity contribution in [3.05, 3.63) is 41.1 Å². The van der Waals surface area contributed by atoms with Gasteiger partial charge >= 0.3 is 0 Å². The average Bonchev–Trinajstić information content (AvgIpc) is 2.04. The lowest BCUT2D eigenvalue weighted by molar-refractivity contribution is 1.37. The van der Waals surface area contributed by atoms with Crippen LogP contribution in [-0.2, 0) is 0 Å². The fourth-order valence-corrected chi connectivity index (χ4v) is 1.34. The zero-order chi connectivity index (χ0) is 11.1. The highest BCUT2D eigenvalue weighted by atomic mass is 35.5. The molecule has 1 N–H and O–H groups in total. The molecular formula is C12H18ClN. The van der Waals surface area contributed by atoms with Gasteiger partial charge in [0.2, 0.25) is 0 Å². The number of hydrogen-bond donors (Lipinski definition) is 1. The average molecular weight is 212 g/mol. The molecule has 1 rings (SSSR count). The first-order valence-corrected chi connectivity index (χ1v) is 5.15. The third-order valence-corrected chi connectivity index (χ3v) is 1.62. The molecule has 1 aromatic carbocycles. The Balaban J connectivity index is 0.000000791. The van der Waals surface area contributed by atoms with Crippen molar-refractivity contribution in [2.24, 2.45) is 0 Å². The summed E-state index contributed by atoms with van der Waals surface area (Å²) in [5.74, 6) is 0. The van der Waals surface area contributed by atoms with Gasteiger partial charge in [-0.25, -0.2) is 0 Å². The Morgan fingerprint density at radius 1 is 1.29 bits per heavy atom. The van der Waals surface area contributed by atoms with E-state index in [9.17, 15) is 0 Å². The molecule has 0 heterocycles. The van der Waals surface area contributed by atoms with Gasteiger partial charge in [-0.2, -0.15) is 0 Å². The van der Waals surface area contributed by atoms with Crippen molar-refractivity contribution in [1.29, 1.82) is 0 Å². The molecule has 0 radical (unpaired) electrons. The van der Waals surface area contributed by atoms with Gasteiger partial charge < -0.3 is 5.32 Å². The van der Waals surface area contributed by atoms with Crippen molar-refractivity contribution in [3.63, 3.8) is 0 Å². The van der Waals surface area contributed by atoms with Crippen molar-refractivity contribution in [1.82, 2.24) is 0 Å². The van der Waals surface area contributed by atoms with Gasteiger partial charge in [0, 0.05) is 16.4 Å². The quantitative estimate of drug-likeness (QED) is 0.753. The van der Waals surface area contributed by atoms with Crippen LogP contribution < -0.4 is 5.32 Å². The Morgan fingerprint density at radius 2 is 1.86 bits per heavy atom. The molecule has 0 atom stereocenters. The molecule has 78 valence electrons. The van der Waals surface area contributed by atoms with Crippen molar-refractivity contribution in [2.75, 3.05) is 5.32 Å². The number of hydrogen-bond acceptors (Lipinski definition) is 1. The first kappa shape index (κ1) is 13.1. The van der Waals surface area contributed by atoms with E-state index in [4.69, 9.17) is 11.6 Å². The van der Waals surface area contributed by atoms with Crippen LogP contribution in [0.4, 0.5) is 5.69 Å². The largest absolute Gasteiger partial charge is 0.360 e. The molecule has 1 nitrogen and oxygen atoms in total. The zero-order valence-electron chi connectivity index (χ0n) is 9.32. The standard InChI is InChI=1S/C10H12ClN.C2H6/c1-7(2)12-10-5-8(3)4-9(11)6-10;1-2/h4-6,12H,1H2,2-3H3;1-2H3. The highest BCUT2D eigenvalue weighted by molar-refractivity contribution is 6.30. The summed E-state index contributed by atoms with van der Waals surface area (Å²) in [6.07, 6.45) is 0. The SMILES string of the molecule is C=C(C)Nc1cc(C)cc(Cl)c1.CC. The van der Waals surface area contributed by atoms with Gasteiger partial charge in [-0.15, -0.1) is 0 Å². The molecule has 2 heteroatoms. The molecule has 0 amide bonds. The Labute approximate surface area is 91.8 Å². The highest BCUT2D eigenvalue weighted by Crippen LogP contribution is 2.19. The summed E-state index contributed by atoms with van der Waals surface area (Å²) in [4.78, 5) is 0. The molecule has 0 fully saturated rings. The Morgan fingerprint density at radius 3 is 2.29 bits per heavy atom. The van der Waals surface area contributed by atoms with E-state index < -0.39 is 0 Å². The number of nitrogens with one attached hydrogen (secondary N) is 1. The molecule has 0 unspecified atom stereocenters. The molecule has 14 heavy (non-hydrogen) atoms. The molecule has 0 spiro atoms. The maximum Gasteiger partial charge on any atom is 0.0429 e. The number of anilines is 1. The third kappa shape index (κ3) is 4.93. The third-order valence-electron chi connectivity index (χ3n) is 1.40. The van der Waals surface area contributed by atoms with Crippen LogP contribution in [0.1, 0.15) is 26.3 Å². The van der Waals surface area contributed by atoms with E-state index in [1.165, 1.54) is 0 Å². The monoisotopic (exact) mass is 211 g/mol. The number of benzene rings is 1. The van der Waals surface area contributed by atoms with Crippen LogP contribution in [0.5, 0.6) is 0 Å². The summed E-state index contributed by atoms with van der Waals surface area (Å²) in [6.45, 7) is 11.7. The minimum absolute atomic E-state index is 0.749. The molecular weight excluding hydrogens is 194 g/mol. The summed E-state index contributed by atoms with van der Waals surface area (Å²) in [7, 11) is 0. The molecule has 0 aliphatic heterocycles. The maximum absolute atomic E-state index is 5.86. The van der Waals surface area contributed by atoms with E-state index in [1.807, 2.05) is 45.9 Å². The zero-order valence-corrected chi connectivity index (χ0v) is 10.1. The Bertz CT molecular complexity index is 285. The van der Waals surface area contributed by atoms with Crippen molar-refractivity contribution in [3.8, 4) is 0 Å². The van der Waals surface area contributed by atoms with E-state index in [-0.39, 0.29) is 0 Å². The summed E-state index contributed by atoms with van der Waals surface area (Å²) < 4.78 is 0. The minimum atomic E-state index is 0.749. The van der Waals surface area contributed by atoms with Gasteiger partial charge in [-0.3, -0.25) is 0 Å². The Kier molecular flexibility index (Phi) is 6.06. The smallest absolute Gasteiger partial charge is 0.0429 e. The van der Waals surface area contributed by atoms with E-state index >= 15 is 0 Å². The summed E-state index contributed by atoms with van der Waals surface area (Å²) >= 11 is 5.86. The Hall–Kier alpha value is -0.950.